The van der Waals surface area contributed by atoms with Crippen LogP contribution < -0.4 is 21.3 Å². The number of nitrogens with zero attached hydrogens (tertiary/aromatic N) is 3. The second-order valence-corrected chi connectivity index (χ2v) is 8.75. The number of aromatic nitrogens is 3. The maximum Gasteiger partial charge on any atom is 0.251 e. The van der Waals surface area contributed by atoms with Gasteiger partial charge in [-0.3, -0.25) is 4.79 Å². The SMILES string of the molecule is CC(C)[C@H](CO)Nc1nc(NCCOCCOCCNC(=O)c2ccccc2)nc(Nc2ccccc2)n1. The van der Waals surface area contributed by atoms with Gasteiger partial charge in [0.15, 0.2) is 0 Å². The van der Waals surface area contributed by atoms with Crippen molar-refractivity contribution < 1.29 is 19.4 Å². The highest BCUT2D eigenvalue weighted by molar-refractivity contribution is 5.94. The summed E-state index contributed by atoms with van der Waals surface area (Å²) in [6, 6.07) is 18.5. The van der Waals surface area contributed by atoms with Crippen LogP contribution in [0.4, 0.5) is 23.5 Å². The predicted octanol–water partition coefficient (Wildman–Crippen LogP) is 2.92. The van der Waals surface area contributed by atoms with E-state index in [0.717, 1.165) is 5.69 Å². The van der Waals surface area contributed by atoms with Crippen LogP contribution in [0, 0.1) is 5.92 Å². The first-order valence-corrected chi connectivity index (χ1v) is 12.7. The van der Waals surface area contributed by atoms with Gasteiger partial charge >= 0.3 is 0 Å². The Bertz CT molecular complexity index is 1090. The van der Waals surface area contributed by atoms with Crippen molar-refractivity contribution in [3.63, 3.8) is 0 Å². The monoisotopic (exact) mass is 523 g/mol. The molecule has 0 radical (unpaired) electrons. The van der Waals surface area contributed by atoms with Gasteiger partial charge in [0.05, 0.1) is 39.1 Å². The summed E-state index contributed by atoms with van der Waals surface area (Å²) in [6.07, 6.45) is 0. The number of amides is 1. The Morgan fingerprint density at radius 2 is 1.42 bits per heavy atom. The van der Waals surface area contributed by atoms with E-state index in [1.807, 2.05) is 62.4 Å². The van der Waals surface area contributed by atoms with Crippen molar-refractivity contribution in [2.45, 2.75) is 19.9 Å². The first-order valence-electron chi connectivity index (χ1n) is 12.7. The summed E-state index contributed by atoms with van der Waals surface area (Å²) in [5.41, 5.74) is 1.47. The van der Waals surface area contributed by atoms with Gasteiger partial charge in [0.25, 0.3) is 5.91 Å². The average Bonchev–Trinajstić information content (AvgIpc) is 2.93. The molecule has 1 amide bonds. The minimum atomic E-state index is -0.190. The molecule has 0 aliphatic rings. The first kappa shape index (κ1) is 28.8. The van der Waals surface area contributed by atoms with Crippen molar-refractivity contribution in [1.82, 2.24) is 20.3 Å². The number of carbonyl (C=O) groups is 1. The molecule has 11 heteroatoms. The van der Waals surface area contributed by atoms with E-state index < -0.39 is 0 Å². The van der Waals surface area contributed by atoms with Gasteiger partial charge in [-0.2, -0.15) is 15.0 Å². The molecule has 1 atom stereocenters. The zero-order valence-electron chi connectivity index (χ0n) is 21.9. The summed E-state index contributed by atoms with van der Waals surface area (Å²) >= 11 is 0. The van der Waals surface area contributed by atoms with E-state index in [0.29, 0.717) is 62.9 Å². The van der Waals surface area contributed by atoms with E-state index in [1.54, 1.807) is 12.1 Å². The molecule has 2 aromatic carbocycles. The van der Waals surface area contributed by atoms with Crippen molar-refractivity contribution in [3.8, 4) is 0 Å². The number of rotatable bonds is 17. The third-order valence-corrected chi connectivity index (χ3v) is 5.45. The molecule has 0 fully saturated rings. The third kappa shape index (κ3) is 10.3. The molecule has 1 heterocycles. The predicted molar refractivity (Wildman–Crippen MR) is 148 cm³/mol. The van der Waals surface area contributed by atoms with Gasteiger partial charge in [0.1, 0.15) is 0 Å². The van der Waals surface area contributed by atoms with Crippen molar-refractivity contribution in [1.29, 1.82) is 0 Å². The smallest absolute Gasteiger partial charge is 0.251 e. The van der Waals surface area contributed by atoms with E-state index in [4.69, 9.17) is 9.47 Å². The summed E-state index contributed by atoms with van der Waals surface area (Å²) in [4.78, 5) is 25.3. The van der Waals surface area contributed by atoms with E-state index >= 15 is 0 Å². The molecule has 0 aliphatic carbocycles. The van der Waals surface area contributed by atoms with Crippen LogP contribution in [0.3, 0.4) is 0 Å². The normalized spacial score (nSPS) is 11.7. The lowest BCUT2D eigenvalue weighted by molar-refractivity contribution is 0.0519. The molecule has 1 aromatic heterocycles. The van der Waals surface area contributed by atoms with Crippen molar-refractivity contribution in [2.24, 2.45) is 5.92 Å². The molecule has 0 saturated carbocycles. The Morgan fingerprint density at radius 1 is 0.816 bits per heavy atom. The van der Waals surface area contributed by atoms with Gasteiger partial charge < -0.3 is 35.8 Å². The zero-order valence-corrected chi connectivity index (χ0v) is 21.9. The maximum atomic E-state index is 12.0. The number of ether oxygens (including phenoxy) is 2. The number of benzene rings is 2. The fourth-order valence-corrected chi connectivity index (χ4v) is 3.30. The van der Waals surface area contributed by atoms with E-state index in [-0.39, 0.29) is 24.5 Å². The molecule has 5 N–H and O–H groups in total. The van der Waals surface area contributed by atoms with Crippen LogP contribution in [0.5, 0.6) is 0 Å². The van der Waals surface area contributed by atoms with Crippen LogP contribution in [0.2, 0.25) is 0 Å². The van der Waals surface area contributed by atoms with Gasteiger partial charge in [0, 0.05) is 24.3 Å². The first-order chi connectivity index (χ1) is 18.5. The molecule has 204 valence electrons. The van der Waals surface area contributed by atoms with Crippen LogP contribution in [-0.2, 0) is 9.47 Å². The molecule has 38 heavy (non-hydrogen) atoms. The number of anilines is 4. The number of para-hydroxylation sites is 1. The van der Waals surface area contributed by atoms with Gasteiger partial charge in [-0.05, 0) is 30.2 Å². The largest absolute Gasteiger partial charge is 0.394 e. The summed E-state index contributed by atoms with van der Waals surface area (Å²) in [5.74, 6) is 1.20. The second-order valence-electron chi connectivity index (χ2n) is 8.75. The van der Waals surface area contributed by atoms with Gasteiger partial charge in [0.2, 0.25) is 17.8 Å². The fourth-order valence-electron chi connectivity index (χ4n) is 3.30. The molecule has 3 aromatic rings. The Labute approximate surface area is 223 Å². The minimum Gasteiger partial charge on any atom is -0.394 e. The van der Waals surface area contributed by atoms with E-state index in [2.05, 4.69) is 36.2 Å². The average molecular weight is 524 g/mol. The molecule has 0 saturated heterocycles. The van der Waals surface area contributed by atoms with Crippen LogP contribution in [0.25, 0.3) is 0 Å². The molecule has 11 nitrogen and oxygen atoms in total. The summed E-state index contributed by atoms with van der Waals surface area (Å²) in [7, 11) is 0. The van der Waals surface area contributed by atoms with Crippen LogP contribution in [0.1, 0.15) is 24.2 Å². The Morgan fingerprint density at radius 3 is 2.08 bits per heavy atom. The van der Waals surface area contributed by atoms with Gasteiger partial charge in [-0.1, -0.05) is 50.2 Å². The second kappa shape index (κ2) is 16.1. The highest BCUT2D eigenvalue weighted by Crippen LogP contribution is 2.17. The number of aliphatic hydroxyl groups excluding tert-OH is 1. The number of aliphatic hydroxyl groups is 1. The summed E-state index contributed by atoms with van der Waals surface area (Å²) in [5, 5.41) is 22.0. The lowest BCUT2D eigenvalue weighted by Crippen LogP contribution is -2.30. The number of hydrogen-bond donors (Lipinski definition) is 5. The summed E-state index contributed by atoms with van der Waals surface area (Å²) < 4.78 is 11.1. The maximum absolute atomic E-state index is 12.0. The molecule has 0 aliphatic heterocycles. The molecule has 0 unspecified atom stereocenters. The molecule has 0 spiro atoms. The van der Waals surface area contributed by atoms with Crippen molar-refractivity contribution in [2.75, 3.05) is 62.1 Å². The quantitative estimate of drug-likeness (QED) is 0.168. The Hall–Kier alpha value is -3.80. The lowest BCUT2D eigenvalue weighted by atomic mass is 10.1. The molecular formula is C27H37N7O4. The van der Waals surface area contributed by atoms with Crippen molar-refractivity contribution in [3.05, 3.63) is 66.2 Å². The standard InChI is InChI=1S/C27H37N7O4/c1-20(2)23(19-35)31-27-33-25(32-26(34-27)30-22-11-7-4-8-12-22)29-14-16-38-18-17-37-15-13-28-24(36)21-9-5-3-6-10-21/h3-12,20,23,35H,13-19H2,1-2H3,(H,28,36)(H3,29,30,31,32,33,34)/t23-/m0/s1. The van der Waals surface area contributed by atoms with Gasteiger partial charge in [-0.15, -0.1) is 0 Å². The Balaban J connectivity index is 1.38. The van der Waals surface area contributed by atoms with Crippen LogP contribution in [-0.4, -0.2) is 78.1 Å². The number of hydrogen-bond acceptors (Lipinski definition) is 10. The van der Waals surface area contributed by atoms with Crippen molar-refractivity contribution >= 4 is 29.4 Å². The minimum absolute atomic E-state index is 0.0388. The zero-order chi connectivity index (χ0) is 27.0. The number of nitrogens with one attached hydrogen (secondary N) is 4. The van der Waals surface area contributed by atoms with Crippen LogP contribution in [0.15, 0.2) is 60.7 Å². The summed E-state index contributed by atoms with van der Waals surface area (Å²) in [6.45, 7) is 6.57. The molecule has 3 rings (SSSR count). The fraction of sp³-hybridized carbons (Fsp3) is 0.407. The lowest BCUT2D eigenvalue weighted by Gasteiger charge is -2.20. The van der Waals surface area contributed by atoms with E-state index in [1.165, 1.54) is 0 Å². The Kier molecular flexibility index (Phi) is 12.2. The van der Waals surface area contributed by atoms with E-state index in [9.17, 15) is 9.90 Å². The third-order valence-electron chi connectivity index (χ3n) is 5.45. The molecule has 0 bridgehead atoms. The molecular weight excluding hydrogens is 486 g/mol. The highest BCUT2D eigenvalue weighted by Gasteiger charge is 2.15. The topological polar surface area (TPSA) is 143 Å². The van der Waals surface area contributed by atoms with Crippen LogP contribution >= 0.6 is 0 Å². The highest BCUT2D eigenvalue weighted by atomic mass is 16.5. The number of carbonyl (C=O) groups excluding carboxylic acids is 1. The van der Waals surface area contributed by atoms with Gasteiger partial charge in [-0.25, -0.2) is 0 Å².